The molecule has 1 fully saturated rings. The number of hydrogen-bond acceptors (Lipinski definition) is 3. The quantitative estimate of drug-likeness (QED) is 0.918. The predicted octanol–water partition coefficient (Wildman–Crippen LogP) is 1.72. The molecule has 1 aromatic rings. The zero-order chi connectivity index (χ0) is 15.5. The highest BCUT2D eigenvalue weighted by Crippen LogP contribution is 2.24. The van der Waals surface area contributed by atoms with Crippen molar-refractivity contribution in [1.82, 2.24) is 10.2 Å². The molecule has 1 amide bonds. The van der Waals surface area contributed by atoms with Gasteiger partial charge in [0.25, 0.3) is 0 Å². The van der Waals surface area contributed by atoms with E-state index >= 15 is 0 Å². The molecule has 1 N–H and O–H groups in total. The number of likely N-dealkylation sites (N-methyl/N-ethyl adjacent to an activating group) is 1. The molecule has 0 spiro atoms. The number of nitrogens with zero attached hydrogens (tertiary/aromatic N) is 1. The van der Waals surface area contributed by atoms with Gasteiger partial charge < -0.3 is 15.0 Å². The van der Waals surface area contributed by atoms with Crippen molar-refractivity contribution in [3.8, 4) is 0 Å². The van der Waals surface area contributed by atoms with Crippen LogP contribution in [0.15, 0.2) is 24.3 Å². The van der Waals surface area contributed by atoms with Gasteiger partial charge in [-0.05, 0) is 12.5 Å². The van der Waals surface area contributed by atoms with Crippen LogP contribution in [0.25, 0.3) is 0 Å². The van der Waals surface area contributed by atoms with Gasteiger partial charge in [0.15, 0.2) is 0 Å². The molecule has 0 bridgehead atoms. The van der Waals surface area contributed by atoms with Crippen LogP contribution in [-0.4, -0.2) is 50.2 Å². The van der Waals surface area contributed by atoms with E-state index in [-0.39, 0.29) is 17.4 Å². The minimum Gasteiger partial charge on any atom is -0.378 e. The zero-order valence-corrected chi connectivity index (χ0v) is 13.5. The van der Waals surface area contributed by atoms with Crippen molar-refractivity contribution in [2.45, 2.75) is 32.2 Å². The fourth-order valence-corrected chi connectivity index (χ4v) is 2.76. The van der Waals surface area contributed by atoms with E-state index in [0.29, 0.717) is 19.8 Å². The maximum Gasteiger partial charge on any atom is 0.241 e. The topological polar surface area (TPSA) is 41.6 Å². The van der Waals surface area contributed by atoms with E-state index < -0.39 is 0 Å². The van der Waals surface area contributed by atoms with E-state index in [9.17, 15) is 4.79 Å². The number of nitrogens with one attached hydrogen (secondary N) is 1. The summed E-state index contributed by atoms with van der Waals surface area (Å²) in [6, 6.07) is 8.33. The molecule has 1 aromatic carbocycles. The third-order valence-corrected chi connectivity index (χ3v) is 4.06. The Morgan fingerprint density at radius 2 is 2.05 bits per heavy atom. The molecule has 21 heavy (non-hydrogen) atoms. The molecule has 0 saturated carbocycles. The molecule has 116 valence electrons. The molecular weight excluding hydrogens is 264 g/mol. The number of ether oxygens (including phenoxy) is 1. The molecule has 1 atom stereocenters. The number of aryl methyl sites for hydroxylation is 1. The van der Waals surface area contributed by atoms with Crippen molar-refractivity contribution in [2.75, 3.05) is 33.4 Å². The number of amides is 1. The summed E-state index contributed by atoms with van der Waals surface area (Å²) in [7, 11) is 1.87. The van der Waals surface area contributed by atoms with Gasteiger partial charge in [-0.15, -0.1) is 0 Å². The second-order valence-corrected chi connectivity index (χ2v) is 6.53. The lowest BCUT2D eigenvalue weighted by molar-refractivity contribution is -0.135. The van der Waals surface area contributed by atoms with Gasteiger partial charge in [0, 0.05) is 25.6 Å². The van der Waals surface area contributed by atoms with Crippen LogP contribution in [0.4, 0.5) is 0 Å². The molecule has 1 heterocycles. The van der Waals surface area contributed by atoms with E-state index in [2.05, 4.69) is 50.4 Å². The summed E-state index contributed by atoms with van der Waals surface area (Å²) in [4.78, 5) is 14.3. The molecule has 4 nitrogen and oxygen atoms in total. The Balaban J connectivity index is 2.01. The fraction of sp³-hybridized carbons (Fsp3) is 0.588. The lowest BCUT2D eigenvalue weighted by Gasteiger charge is -2.34. The number of morpholine rings is 1. The summed E-state index contributed by atoms with van der Waals surface area (Å²) in [5, 5.41) is 3.22. The largest absolute Gasteiger partial charge is 0.378 e. The lowest BCUT2D eigenvalue weighted by atomic mass is 9.83. The van der Waals surface area contributed by atoms with Gasteiger partial charge >= 0.3 is 0 Å². The highest BCUT2D eigenvalue weighted by Gasteiger charge is 2.29. The van der Waals surface area contributed by atoms with Crippen molar-refractivity contribution in [2.24, 2.45) is 0 Å². The molecule has 0 aromatic heterocycles. The Morgan fingerprint density at radius 3 is 2.62 bits per heavy atom. The van der Waals surface area contributed by atoms with Gasteiger partial charge in [0.1, 0.15) is 6.04 Å². The van der Waals surface area contributed by atoms with Gasteiger partial charge in [-0.1, -0.05) is 43.7 Å². The lowest BCUT2D eigenvalue weighted by Crippen LogP contribution is -2.53. The van der Waals surface area contributed by atoms with Crippen LogP contribution >= 0.6 is 0 Å². The first-order valence-electron chi connectivity index (χ1n) is 7.53. The maximum absolute atomic E-state index is 12.4. The summed E-state index contributed by atoms with van der Waals surface area (Å²) >= 11 is 0. The number of benzene rings is 1. The number of rotatable bonds is 4. The first kappa shape index (κ1) is 16.0. The van der Waals surface area contributed by atoms with E-state index in [4.69, 9.17) is 4.74 Å². The Kier molecular flexibility index (Phi) is 5.01. The molecule has 1 unspecified atom stereocenters. The van der Waals surface area contributed by atoms with Crippen LogP contribution in [0.3, 0.4) is 0 Å². The SMILES string of the molecule is Cc1ccc(C(C)(C)CN(C)C(=O)C2COCCN2)cc1. The van der Waals surface area contributed by atoms with Gasteiger partial charge in [-0.25, -0.2) is 0 Å². The molecule has 1 aliphatic heterocycles. The Labute approximate surface area is 127 Å². The number of carbonyl (C=O) groups excluding carboxylic acids is 1. The number of hydrogen-bond donors (Lipinski definition) is 1. The van der Waals surface area contributed by atoms with Crippen LogP contribution in [0.2, 0.25) is 0 Å². The monoisotopic (exact) mass is 290 g/mol. The summed E-state index contributed by atoms with van der Waals surface area (Å²) < 4.78 is 5.37. The number of carbonyl (C=O) groups is 1. The third kappa shape index (κ3) is 4.05. The van der Waals surface area contributed by atoms with Crippen molar-refractivity contribution >= 4 is 5.91 Å². The fourth-order valence-electron chi connectivity index (χ4n) is 2.76. The van der Waals surface area contributed by atoms with Crippen LogP contribution in [0, 0.1) is 6.92 Å². The summed E-state index contributed by atoms with van der Waals surface area (Å²) in [5.41, 5.74) is 2.43. The van der Waals surface area contributed by atoms with Crippen LogP contribution in [0.1, 0.15) is 25.0 Å². The van der Waals surface area contributed by atoms with Crippen LogP contribution in [0.5, 0.6) is 0 Å². The third-order valence-electron chi connectivity index (χ3n) is 4.06. The van der Waals surface area contributed by atoms with E-state index in [1.54, 1.807) is 0 Å². The van der Waals surface area contributed by atoms with Crippen molar-refractivity contribution in [3.05, 3.63) is 35.4 Å². The summed E-state index contributed by atoms with van der Waals surface area (Å²) in [6.45, 7) is 9.01. The van der Waals surface area contributed by atoms with Gasteiger partial charge in [0.2, 0.25) is 5.91 Å². The normalized spacial score (nSPS) is 19.3. The second-order valence-electron chi connectivity index (χ2n) is 6.53. The highest BCUT2D eigenvalue weighted by molar-refractivity contribution is 5.82. The van der Waals surface area contributed by atoms with Crippen molar-refractivity contribution in [3.63, 3.8) is 0 Å². The van der Waals surface area contributed by atoms with Crippen molar-refractivity contribution < 1.29 is 9.53 Å². The Hall–Kier alpha value is -1.39. The molecule has 2 rings (SSSR count). The summed E-state index contributed by atoms with van der Waals surface area (Å²) in [6.07, 6.45) is 0. The van der Waals surface area contributed by atoms with Gasteiger partial charge in [0.05, 0.1) is 13.2 Å². The maximum atomic E-state index is 12.4. The smallest absolute Gasteiger partial charge is 0.241 e. The summed E-state index contributed by atoms with van der Waals surface area (Å²) in [5.74, 6) is 0.106. The van der Waals surface area contributed by atoms with Gasteiger partial charge in [-0.3, -0.25) is 4.79 Å². The standard InChI is InChI=1S/C17H26N2O2/c1-13-5-7-14(8-6-13)17(2,3)12-19(4)16(20)15-11-21-10-9-18-15/h5-8,15,18H,9-12H2,1-4H3. The highest BCUT2D eigenvalue weighted by atomic mass is 16.5. The zero-order valence-electron chi connectivity index (χ0n) is 13.5. The Morgan fingerprint density at radius 1 is 1.38 bits per heavy atom. The molecule has 4 heteroatoms. The van der Waals surface area contributed by atoms with E-state index in [0.717, 1.165) is 6.54 Å². The van der Waals surface area contributed by atoms with Crippen molar-refractivity contribution in [1.29, 1.82) is 0 Å². The molecule has 1 aliphatic rings. The average molecular weight is 290 g/mol. The van der Waals surface area contributed by atoms with E-state index in [1.165, 1.54) is 11.1 Å². The molecule has 0 aliphatic carbocycles. The van der Waals surface area contributed by atoms with Gasteiger partial charge in [-0.2, -0.15) is 0 Å². The van der Waals surface area contributed by atoms with Crippen LogP contribution in [-0.2, 0) is 14.9 Å². The molecule has 0 radical (unpaired) electrons. The molecular formula is C17H26N2O2. The first-order chi connectivity index (χ1) is 9.90. The minimum absolute atomic E-state index is 0.0758. The Bertz CT molecular complexity index is 476. The minimum atomic E-state index is -0.211. The molecule has 1 saturated heterocycles. The van der Waals surface area contributed by atoms with Crippen LogP contribution < -0.4 is 5.32 Å². The first-order valence-corrected chi connectivity index (χ1v) is 7.53. The predicted molar refractivity (Wildman–Crippen MR) is 84.5 cm³/mol. The second kappa shape index (κ2) is 6.58. The van der Waals surface area contributed by atoms with E-state index in [1.807, 2.05) is 11.9 Å². The average Bonchev–Trinajstić information content (AvgIpc) is 2.47.